The quantitative estimate of drug-likeness (QED) is 0.728. The maximum atomic E-state index is 3.65. The van der Waals surface area contributed by atoms with Gasteiger partial charge in [-0.25, -0.2) is 0 Å². The summed E-state index contributed by atoms with van der Waals surface area (Å²) in [6.45, 7) is 1.19. The van der Waals surface area contributed by atoms with Crippen molar-refractivity contribution in [3.8, 4) is 0 Å². The molecule has 1 N–H and O–H groups in total. The molecule has 0 amide bonds. The summed E-state index contributed by atoms with van der Waals surface area (Å²) in [4.78, 5) is 0. The Hall–Kier alpha value is -0.470. The van der Waals surface area contributed by atoms with Crippen LogP contribution >= 0.6 is 11.8 Å². The number of nitrogens with one attached hydrogen (secondary N) is 1. The first-order valence-electron chi connectivity index (χ1n) is 6.19. The molecular formula is C14H21NS. The lowest BCUT2D eigenvalue weighted by molar-refractivity contribution is 0.630. The summed E-state index contributed by atoms with van der Waals surface area (Å²) in [5, 5.41) is 3.65. The van der Waals surface area contributed by atoms with Crippen LogP contribution in [0, 0.1) is 0 Å². The molecule has 0 spiro atoms. The lowest BCUT2D eigenvalue weighted by Gasteiger charge is -2.03. The molecule has 2 heteroatoms. The van der Waals surface area contributed by atoms with E-state index in [0.29, 0.717) is 0 Å². The van der Waals surface area contributed by atoms with Crippen molar-refractivity contribution in [2.45, 2.75) is 31.2 Å². The number of hydrogen-bond donors (Lipinski definition) is 1. The highest BCUT2D eigenvalue weighted by Crippen LogP contribution is 2.40. The standard InChI is InChI=1S/C14H21NS/c1-16-10-6-5-9-15-14-11-13(14)12-7-3-2-4-8-12/h2-4,7-8,13-15H,5-6,9-11H2,1H3. The third kappa shape index (κ3) is 3.53. The van der Waals surface area contributed by atoms with Crippen LogP contribution in [0.1, 0.15) is 30.7 Å². The predicted octanol–water partition coefficient (Wildman–Crippen LogP) is 3.28. The Morgan fingerprint density at radius 2 is 2.06 bits per heavy atom. The fourth-order valence-electron chi connectivity index (χ4n) is 2.15. The van der Waals surface area contributed by atoms with Crippen molar-refractivity contribution in [2.75, 3.05) is 18.6 Å². The van der Waals surface area contributed by atoms with Crippen LogP contribution in [0.15, 0.2) is 30.3 Å². The van der Waals surface area contributed by atoms with Crippen molar-refractivity contribution in [3.63, 3.8) is 0 Å². The highest BCUT2D eigenvalue weighted by molar-refractivity contribution is 7.98. The molecule has 0 aliphatic heterocycles. The van der Waals surface area contributed by atoms with Gasteiger partial charge in [0.05, 0.1) is 0 Å². The van der Waals surface area contributed by atoms with Crippen molar-refractivity contribution in [1.82, 2.24) is 5.32 Å². The SMILES string of the molecule is CSCCCCNC1CC1c1ccccc1. The average Bonchev–Trinajstić information content (AvgIpc) is 3.10. The summed E-state index contributed by atoms with van der Waals surface area (Å²) in [7, 11) is 0. The minimum Gasteiger partial charge on any atom is -0.313 e. The van der Waals surface area contributed by atoms with Gasteiger partial charge >= 0.3 is 0 Å². The van der Waals surface area contributed by atoms with E-state index in [-0.39, 0.29) is 0 Å². The molecule has 2 rings (SSSR count). The Morgan fingerprint density at radius 1 is 1.25 bits per heavy atom. The Morgan fingerprint density at radius 3 is 2.81 bits per heavy atom. The Labute approximate surface area is 103 Å². The first kappa shape index (κ1) is 12.0. The molecule has 1 aromatic carbocycles. The molecule has 1 aliphatic rings. The first-order valence-corrected chi connectivity index (χ1v) is 7.58. The van der Waals surface area contributed by atoms with Crippen molar-refractivity contribution in [1.29, 1.82) is 0 Å². The molecule has 1 saturated carbocycles. The second-order valence-corrected chi connectivity index (χ2v) is 5.50. The predicted molar refractivity (Wildman–Crippen MR) is 73.2 cm³/mol. The molecule has 2 atom stereocenters. The second-order valence-electron chi connectivity index (χ2n) is 4.51. The molecule has 16 heavy (non-hydrogen) atoms. The first-order chi connectivity index (χ1) is 7.92. The van der Waals surface area contributed by atoms with E-state index in [1.54, 1.807) is 0 Å². The monoisotopic (exact) mass is 235 g/mol. The number of hydrogen-bond acceptors (Lipinski definition) is 2. The third-order valence-corrected chi connectivity index (χ3v) is 3.90. The van der Waals surface area contributed by atoms with E-state index in [1.807, 2.05) is 11.8 Å². The Balaban J connectivity index is 1.61. The van der Waals surface area contributed by atoms with E-state index >= 15 is 0 Å². The highest BCUT2D eigenvalue weighted by Gasteiger charge is 2.37. The van der Waals surface area contributed by atoms with Gasteiger partial charge in [0.2, 0.25) is 0 Å². The van der Waals surface area contributed by atoms with E-state index < -0.39 is 0 Å². The lowest BCUT2D eigenvalue weighted by Crippen LogP contribution is -2.19. The van der Waals surface area contributed by atoms with Gasteiger partial charge in [-0.05, 0) is 43.4 Å². The minimum absolute atomic E-state index is 0.747. The number of rotatable bonds is 7. The van der Waals surface area contributed by atoms with Crippen molar-refractivity contribution >= 4 is 11.8 Å². The molecule has 0 bridgehead atoms. The van der Waals surface area contributed by atoms with Gasteiger partial charge in [0, 0.05) is 12.0 Å². The minimum atomic E-state index is 0.747. The van der Waals surface area contributed by atoms with Crippen LogP contribution in [0.25, 0.3) is 0 Å². The molecule has 1 aromatic rings. The zero-order valence-electron chi connectivity index (χ0n) is 9.99. The topological polar surface area (TPSA) is 12.0 Å². The van der Waals surface area contributed by atoms with Crippen LogP contribution in [-0.4, -0.2) is 24.6 Å². The second kappa shape index (κ2) is 6.31. The highest BCUT2D eigenvalue weighted by atomic mass is 32.2. The molecule has 2 unspecified atom stereocenters. The normalized spacial score (nSPS) is 23.3. The Kier molecular flexibility index (Phi) is 4.73. The van der Waals surface area contributed by atoms with Crippen LogP contribution in [0.2, 0.25) is 0 Å². The van der Waals surface area contributed by atoms with Crippen LogP contribution in [0.3, 0.4) is 0 Å². The maximum absolute atomic E-state index is 3.65. The van der Waals surface area contributed by atoms with Crippen LogP contribution < -0.4 is 5.32 Å². The van der Waals surface area contributed by atoms with E-state index in [9.17, 15) is 0 Å². The number of benzene rings is 1. The van der Waals surface area contributed by atoms with E-state index in [0.717, 1.165) is 12.0 Å². The molecule has 88 valence electrons. The molecule has 0 saturated heterocycles. The van der Waals surface area contributed by atoms with Crippen molar-refractivity contribution in [3.05, 3.63) is 35.9 Å². The van der Waals surface area contributed by atoms with Gasteiger partial charge < -0.3 is 5.32 Å². The van der Waals surface area contributed by atoms with Crippen LogP contribution in [-0.2, 0) is 0 Å². The number of thioether (sulfide) groups is 1. The molecule has 0 aromatic heterocycles. The van der Waals surface area contributed by atoms with Gasteiger partial charge in [0.15, 0.2) is 0 Å². The molecule has 1 aliphatic carbocycles. The van der Waals surface area contributed by atoms with E-state index in [4.69, 9.17) is 0 Å². The average molecular weight is 235 g/mol. The summed E-state index contributed by atoms with van der Waals surface area (Å²) >= 11 is 1.95. The maximum Gasteiger partial charge on any atom is 0.0143 e. The summed E-state index contributed by atoms with van der Waals surface area (Å²) in [5.41, 5.74) is 1.50. The molecule has 1 nitrogen and oxygen atoms in total. The van der Waals surface area contributed by atoms with Gasteiger partial charge in [-0.2, -0.15) is 11.8 Å². The fraction of sp³-hybridized carbons (Fsp3) is 0.571. The van der Waals surface area contributed by atoms with Gasteiger partial charge in [0.1, 0.15) is 0 Å². The smallest absolute Gasteiger partial charge is 0.0143 e. The summed E-state index contributed by atoms with van der Waals surface area (Å²) in [5.74, 6) is 2.08. The fourth-order valence-corrected chi connectivity index (χ4v) is 2.64. The van der Waals surface area contributed by atoms with Gasteiger partial charge in [-0.3, -0.25) is 0 Å². The molecule has 0 radical (unpaired) electrons. The van der Waals surface area contributed by atoms with Gasteiger partial charge in [-0.1, -0.05) is 30.3 Å². The summed E-state index contributed by atoms with van der Waals surface area (Å²) in [6.07, 6.45) is 6.17. The van der Waals surface area contributed by atoms with E-state index in [2.05, 4.69) is 41.9 Å². The molecule has 0 heterocycles. The summed E-state index contributed by atoms with van der Waals surface area (Å²) < 4.78 is 0. The van der Waals surface area contributed by atoms with Crippen LogP contribution in [0.4, 0.5) is 0 Å². The molecular weight excluding hydrogens is 214 g/mol. The zero-order chi connectivity index (χ0) is 11.2. The van der Waals surface area contributed by atoms with Crippen LogP contribution in [0.5, 0.6) is 0 Å². The molecule has 1 fully saturated rings. The zero-order valence-corrected chi connectivity index (χ0v) is 10.8. The van der Waals surface area contributed by atoms with Crippen molar-refractivity contribution < 1.29 is 0 Å². The third-order valence-electron chi connectivity index (χ3n) is 3.20. The Bertz CT molecular complexity index is 299. The van der Waals surface area contributed by atoms with E-state index in [1.165, 1.54) is 37.1 Å². The lowest BCUT2D eigenvalue weighted by atomic mass is 10.1. The number of unbranched alkanes of at least 4 members (excludes halogenated alkanes) is 1. The largest absolute Gasteiger partial charge is 0.313 e. The van der Waals surface area contributed by atoms with Crippen molar-refractivity contribution in [2.24, 2.45) is 0 Å². The summed E-state index contributed by atoms with van der Waals surface area (Å²) in [6, 6.07) is 11.6. The van der Waals surface area contributed by atoms with Gasteiger partial charge in [-0.15, -0.1) is 0 Å². The van der Waals surface area contributed by atoms with Gasteiger partial charge in [0.25, 0.3) is 0 Å².